The Labute approximate surface area is 145 Å². The van der Waals surface area contributed by atoms with Crippen LogP contribution in [0.1, 0.15) is 74.1 Å². The van der Waals surface area contributed by atoms with E-state index in [0.29, 0.717) is 36.2 Å². The lowest BCUT2D eigenvalue weighted by Gasteiger charge is -2.13. The van der Waals surface area contributed by atoms with Crippen LogP contribution in [-0.2, 0) is 9.47 Å². The Kier molecular flexibility index (Phi) is 9.13. The third-order valence-corrected chi connectivity index (χ3v) is 4.57. The molecule has 0 aliphatic rings. The highest BCUT2D eigenvalue weighted by atomic mass is 16.5. The second-order valence-electron chi connectivity index (χ2n) is 6.14. The normalized spacial score (nSPS) is 10.9. The van der Waals surface area contributed by atoms with Crippen molar-refractivity contribution in [2.24, 2.45) is 11.8 Å². The zero-order valence-electron chi connectivity index (χ0n) is 15.3. The Morgan fingerprint density at radius 2 is 1.00 bits per heavy atom. The molecule has 0 saturated heterocycles. The van der Waals surface area contributed by atoms with E-state index in [0.717, 1.165) is 25.7 Å². The van der Waals surface area contributed by atoms with Crippen molar-refractivity contribution < 1.29 is 19.1 Å². The molecule has 0 radical (unpaired) electrons. The van der Waals surface area contributed by atoms with Crippen molar-refractivity contribution in [1.29, 1.82) is 0 Å². The van der Waals surface area contributed by atoms with E-state index in [1.54, 1.807) is 24.3 Å². The lowest BCUT2D eigenvalue weighted by atomic mass is 10.1. The third kappa shape index (κ3) is 6.34. The summed E-state index contributed by atoms with van der Waals surface area (Å²) in [6, 6.07) is 6.46. The van der Waals surface area contributed by atoms with E-state index in [1.807, 2.05) is 0 Å². The van der Waals surface area contributed by atoms with Gasteiger partial charge in [-0.05, 0) is 36.1 Å². The molecule has 0 fully saturated rings. The number of benzene rings is 1. The fourth-order valence-corrected chi connectivity index (χ4v) is 2.34. The summed E-state index contributed by atoms with van der Waals surface area (Å²) in [7, 11) is 0. The van der Waals surface area contributed by atoms with E-state index in [4.69, 9.17) is 9.47 Å². The number of hydrogen-bond donors (Lipinski definition) is 0. The first-order valence-electron chi connectivity index (χ1n) is 8.99. The topological polar surface area (TPSA) is 52.6 Å². The van der Waals surface area contributed by atoms with Gasteiger partial charge in [-0.2, -0.15) is 0 Å². The zero-order valence-corrected chi connectivity index (χ0v) is 15.3. The van der Waals surface area contributed by atoms with Crippen LogP contribution >= 0.6 is 0 Å². The molecule has 134 valence electrons. The van der Waals surface area contributed by atoms with Crippen LogP contribution in [0.15, 0.2) is 24.3 Å². The molecule has 24 heavy (non-hydrogen) atoms. The van der Waals surface area contributed by atoms with Crippen LogP contribution in [0.2, 0.25) is 0 Å². The lowest BCUT2D eigenvalue weighted by Crippen LogP contribution is -2.14. The number of ether oxygens (including phenoxy) is 2. The van der Waals surface area contributed by atoms with Crippen molar-refractivity contribution in [2.75, 3.05) is 13.2 Å². The smallest absolute Gasteiger partial charge is 0.338 e. The highest BCUT2D eigenvalue weighted by Gasteiger charge is 2.14. The predicted molar refractivity (Wildman–Crippen MR) is 95.2 cm³/mol. The number of esters is 2. The molecule has 0 N–H and O–H groups in total. The molecule has 0 saturated carbocycles. The summed E-state index contributed by atoms with van der Waals surface area (Å²) in [5.41, 5.74) is 0.912. The van der Waals surface area contributed by atoms with Gasteiger partial charge in [-0.25, -0.2) is 9.59 Å². The van der Waals surface area contributed by atoms with E-state index in [-0.39, 0.29) is 11.9 Å². The summed E-state index contributed by atoms with van der Waals surface area (Å²) < 4.78 is 10.7. The lowest BCUT2D eigenvalue weighted by molar-refractivity contribution is 0.0419. The molecule has 1 aromatic carbocycles. The minimum Gasteiger partial charge on any atom is -0.462 e. The molecule has 1 aromatic rings. The summed E-state index contributed by atoms with van der Waals surface area (Å²) >= 11 is 0. The molecule has 4 heteroatoms. The SMILES string of the molecule is CCC(CC)COC(=O)c1ccc(C(=O)OCC(CC)CC)cc1. The van der Waals surface area contributed by atoms with Crippen molar-refractivity contribution in [3.8, 4) is 0 Å². The highest BCUT2D eigenvalue weighted by molar-refractivity contribution is 5.93. The molecule has 0 amide bonds. The van der Waals surface area contributed by atoms with Crippen LogP contribution in [-0.4, -0.2) is 25.2 Å². The number of carbonyl (C=O) groups excluding carboxylic acids is 2. The first-order chi connectivity index (χ1) is 11.5. The Bertz CT molecular complexity index is 452. The molecule has 0 aliphatic heterocycles. The van der Waals surface area contributed by atoms with Crippen molar-refractivity contribution in [3.63, 3.8) is 0 Å². The van der Waals surface area contributed by atoms with Gasteiger partial charge in [0.15, 0.2) is 0 Å². The van der Waals surface area contributed by atoms with Crippen LogP contribution in [0.25, 0.3) is 0 Å². The summed E-state index contributed by atoms with van der Waals surface area (Å²) in [5.74, 6) is 0.0965. The fraction of sp³-hybridized carbons (Fsp3) is 0.600. The Morgan fingerprint density at radius 1 is 0.708 bits per heavy atom. The average molecular weight is 334 g/mol. The van der Waals surface area contributed by atoms with Crippen molar-refractivity contribution >= 4 is 11.9 Å². The number of rotatable bonds is 10. The van der Waals surface area contributed by atoms with Gasteiger partial charge in [0.25, 0.3) is 0 Å². The average Bonchev–Trinajstić information content (AvgIpc) is 2.63. The molecular weight excluding hydrogens is 304 g/mol. The van der Waals surface area contributed by atoms with Gasteiger partial charge < -0.3 is 9.47 Å². The predicted octanol–water partition coefficient (Wildman–Crippen LogP) is 4.87. The first kappa shape index (κ1) is 20.2. The minimum atomic E-state index is -0.348. The molecule has 0 aliphatic carbocycles. The molecule has 1 rings (SSSR count). The Morgan fingerprint density at radius 3 is 1.25 bits per heavy atom. The van der Waals surface area contributed by atoms with Gasteiger partial charge in [0.2, 0.25) is 0 Å². The van der Waals surface area contributed by atoms with Gasteiger partial charge >= 0.3 is 11.9 Å². The summed E-state index contributed by atoms with van der Waals surface area (Å²) in [6.45, 7) is 9.22. The first-order valence-corrected chi connectivity index (χ1v) is 8.99. The zero-order chi connectivity index (χ0) is 17.9. The standard InChI is InChI=1S/C20H30O4/c1-5-15(6-2)13-23-19(21)17-9-11-18(12-10-17)20(22)24-14-16(7-3)8-4/h9-12,15-16H,5-8,13-14H2,1-4H3. The van der Waals surface area contributed by atoms with E-state index in [9.17, 15) is 9.59 Å². The summed E-state index contributed by atoms with van der Waals surface area (Å²) in [5, 5.41) is 0. The molecule has 0 aromatic heterocycles. The molecule has 0 atom stereocenters. The van der Waals surface area contributed by atoms with Gasteiger partial charge in [0.1, 0.15) is 0 Å². The van der Waals surface area contributed by atoms with E-state index >= 15 is 0 Å². The van der Waals surface area contributed by atoms with Crippen molar-refractivity contribution in [2.45, 2.75) is 53.4 Å². The number of carbonyl (C=O) groups is 2. The largest absolute Gasteiger partial charge is 0.462 e. The van der Waals surface area contributed by atoms with Crippen LogP contribution in [0.3, 0.4) is 0 Å². The van der Waals surface area contributed by atoms with Crippen molar-refractivity contribution in [3.05, 3.63) is 35.4 Å². The van der Waals surface area contributed by atoms with E-state index < -0.39 is 0 Å². The van der Waals surface area contributed by atoms with Gasteiger partial charge in [-0.1, -0.05) is 53.4 Å². The van der Waals surface area contributed by atoms with Gasteiger partial charge in [0, 0.05) is 0 Å². The van der Waals surface area contributed by atoms with Crippen molar-refractivity contribution in [1.82, 2.24) is 0 Å². The molecular formula is C20H30O4. The maximum Gasteiger partial charge on any atom is 0.338 e. The van der Waals surface area contributed by atoms with Gasteiger partial charge in [-0.15, -0.1) is 0 Å². The van der Waals surface area contributed by atoms with Crippen LogP contribution in [0.4, 0.5) is 0 Å². The molecule has 0 heterocycles. The Hall–Kier alpha value is -1.84. The highest BCUT2D eigenvalue weighted by Crippen LogP contribution is 2.13. The molecule has 4 nitrogen and oxygen atoms in total. The van der Waals surface area contributed by atoms with E-state index in [2.05, 4.69) is 27.7 Å². The van der Waals surface area contributed by atoms with Gasteiger partial charge in [-0.3, -0.25) is 0 Å². The third-order valence-electron chi connectivity index (χ3n) is 4.57. The minimum absolute atomic E-state index is 0.348. The quantitative estimate of drug-likeness (QED) is 0.573. The monoisotopic (exact) mass is 334 g/mol. The summed E-state index contributed by atoms with van der Waals surface area (Å²) in [4.78, 5) is 24.0. The van der Waals surface area contributed by atoms with Crippen LogP contribution in [0, 0.1) is 11.8 Å². The molecule has 0 spiro atoms. The molecule has 0 bridgehead atoms. The fourth-order valence-electron chi connectivity index (χ4n) is 2.34. The maximum absolute atomic E-state index is 12.0. The van der Waals surface area contributed by atoms with E-state index in [1.165, 1.54) is 0 Å². The maximum atomic E-state index is 12.0. The second-order valence-corrected chi connectivity index (χ2v) is 6.14. The second kappa shape index (κ2) is 10.8. The summed E-state index contributed by atoms with van der Waals surface area (Å²) in [6.07, 6.45) is 3.96. The van der Waals surface area contributed by atoms with Gasteiger partial charge in [0.05, 0.1) is 24.3 Å². The Balaban J connectivity index is 2.55. The van der Waals surface area contributed by atoms with Crippen LogP contribution < -0.4 is 0 Å². The van der Waals surface area contributed by atoms with Crippen LogP contribution in [0.5, 0.6) is 0 Å². The number of hydrogen-bond acceptors (Lipinski definition) is 4. The molecule has 0 unspecified atom stereocenters.